The molecule has 0 unspecified atom stereocenters. The second-order valence-corrected chi connectivity index (χ2v) is 2.66. The molecule has 0 saturated carbocycles. The van der Waals surface area contributed by atoms with Gasteiger partial charge in [0.25, 0.3) is 0 Å². The summed E-state index contributed by atoms with van der Waals surface area (Å²) in [5.41, 5.74) is 0. The normalized spacial score (nSPS) is 7.29. The van der Waals surface area contributed by atoms with Crippen LogP contribution in [0.15, 0.2) is 0 Å². The number of carbonyl (C=O) groups is 1. The van der Waals surface area contributed by atoms with E-state index in [1.807, 2.05) is 0 Å². The average Bonchev–Trinajstić information content (AvgIpc) is 1.97. The molecule has 0 aromatic rings. The van der Waals surface area contributed by atoms with Crippen LogP contribution in [0.25, 0.3) is 0 Å². The molecule has 0 amide bonds. The van der Waals surface area contributed by atoms with Crippen molar-refractivity contribution < 1.29 is 74.1 Å². The van der Waals surface area contributed by atoms with Crippen molar-refractivity contribution in [3.05, 3.63) is 0 Å². The summed E-state index contributed by atoms with van der Waals surface area (Å²) < 4.78 is 0. The number of unbranched alkanes of at least 4 members (excludes halogenated alkanes) is 5. The third-order valence-corrected chi connectivity index (χ3v) is 1.46. The van der Waals surface area contributed by atoms with Crippen molar-refractivity contribution in [2.24, 2.45) is 0 Å². The van der Waals surface area contributed by atoms with Crippen LogP contribution in [0.4, 0.5) is 4.79 Å². The summed E-state index contributed by atoms with van der Waals surface area (Å²) in [5.74, 6) is 0. The predicted octanol–water partition coefficient (Wildman–Crippen LogP) is -5.07. The van der Waals surface area contributed by atoms with Crippen LogP contribution in [-0.2, 0) is 0 Å². The van der Waals surface area contributed by atoms with Gasteiger partial charge in [-0.05, 0) is 6.16 Å². The number of carboxylic acid groups (broad SMARTS) is 2. The molecule has 0 saturated heterocycles. The van der Waals surface area contributed by atoms with Gasteiger partial charge < -0.3 is 15.0 Å². The Morgan fingerprint density at radius 3 is 1.21 bits per heavy atom. The molecule has 14 heavy (non-hydrogen) atoms. The van der Waals surface area contributed by atoms with E-state index in [9.17, 15) is 0 Å². The standard InChI is InChI=1S/C8H18.CH2O3.2Na/c1-3-5-7-8-6-4-2;2-1(3)4;;/h3-8H2,1-2H3;(H2,2,3,4);;/q;;2*+1/p-2. The summed E-state index contributed by atoms with van der Waals surface area (Å²) >= 11 is 0. The van der Waals surface area contributed by atoms with E-state index in [0.29, 0.717) is 0 Å². The van der Waals surface area contributed by atoms with Gasteiger partial charge in [0.2, 0.25) is 0 Å². The molecule has 0 aliphatic rings. The number of hydrogen-bond donors (Lipinski definition) is 0. The zero-order chi connectivity index (χ0) is 9.82. The van der Waals surface area contributed by atoms with Crippen molar-refractivity contribution in [2.75, 3.05) is 0 Å². The second kappa shape index (κ2) is 23.8. The van der Waals surface area contributed by atoms with Gasteiger partial charge in [-0.15, -0.1) is 0 Å². The van der Waals surface area contributed by atoms with E-state index in [1.54, 1.807) is 0 Å². The third-order valence-electron chi connectivity index (χ3n) is 1.46. The van der Waals surface area contributed by atoms with Crippen LogP contribution in [0.1, 0.15) is 52.4 Å². The fourth-order valence-electron chi connectivity index (χ4n) is 0.854. The van der Waals surface area contributed by atoms with Crippen LogP contribution in [-0.4, -0.2) is 6.16 Å². The van der Waals surface area contributed by atoms with Gasteiger partial charge in [0.15, 0.2) is 0 Å². The minimum atomic E-state index is -2.33. The van der Waals surface area contributed by atoms with E-state index in [2.05, 4.69) is 13.8 Å². The summed E-state index contributed by atoms with van der Waals surface area (Å²) in [6.07, 6.45) is 6.15. The first kappa shape index (κ1) is 24.5. The first-order valence-electron chi connectivity index (χ1n) is 4.53. The summed E-state index contributed by atoms with van der Waals surface area (Å²) in [5, 5.41) is 16.7. The molecular weight excluding hydrogens is 202 g/mol. The summed E-state index contributed by atoms with van der Waals surface area (Å²) in [6, 6.07) is 0. The van der Waals surface area contributed by atoms with Crippen molar-refractivity contribution in [1.29, 1.82) is 0 Å². The molecule has 5 heteroatoms. The third kappa shape index (κ3) is 50.8. The minimum Gasteiger partial charge on any atom is -0.652 e. The predicted molar refractivity (Wildman–Crippen MR) is 44.4 cm³/mol. The Morgan fingerprint density at radius 2 is 1.07 bits per heavy atom. The van der Waals surface area contributed by atoms with Crippen molar-refractivity contribution in [1.82, 2.24) is 0 Å². The molecule has 0 aliphatic carbocycles. The second-order valence-electron chi connectivity index (χ2n) is 2.66. The van der Waals surface area contributed by atoms with Gasteiger partial charge in [-0.25, -0.2) is 0 Å². The van der Waals surface area contributed by atoms with Crippen molar-refractivity contribution in [3.63, 3.8) is 0 Å². The van der Waals surface area contributed by atoms with Crippen LogP contribution in [0.2, 0.25) is 0 Å². The van der Waals surface area contributed by atoms with E-state index in [4.69, 9.17) is 15.0 Å². The van der Waals surface area contributed by atoms with E-state index < -0.39 is 6.16 Å². The summed E-state index contributed by atoms with van der Waals surface area (Å²) in [4.78, 5) is 8.33. The molecule has 0 N–H and O–H groups in total. The molecule has 0 fully saturated rings. The molecule has 0 rings (SSSR count). The van der Waals surface area contributed by atoms with Crippen LogP contribution < -0.4 is 69.3 Å². The Bertz CT molecular complexity index is 90.1. The first-order chi connectivity index (χ1) is 5.65. The van der Waals surface area contributed by atoms with E-state index >= 15 is 0 Å². The molecule has 0 aromatic carbocycles. The Balaban J connectivity index is -0.0000000733. The SMILES string of the molecule is CCCCCCCC.O=C([O-])[O-].[Na+].[Na+]. The molecular formula is C9H18Na2O3. The summed E-state index contributed by atoms with van der Waals surface area (Å²) in [6.45, 7) is 4.51. The quantitative estimate of drug-likeness (QED) is 0.344. The van der Waals surface area contributed by atoms with Crippen molar-refractivity contribution in [3.8, 4) is 0 Å². The Morgan fingerprint density at radius 1 is 0.857 bits per heavy atom. The molecule has 0 spiro atoms. The van der Waals surface area contributed by atoms with Crippen LogP contribution in [0.3, 0.4) is 0 Å². The van der Waals surface area contributed by atoms with Crippen molar-refractivity contribution >= 4 is 6.16 Å². The Kier molecular flexibility index (Phi) is 41.7. The number of rotatable bonds is 5. The van der Waals surface area contributed by atoms with Gasteiger partial charge in [-0.2, -0.15) is 0 Å². The van der Waals surface area contributed by atoms with Gasteiger partial charge in [0.1, 0.15) is 0 Å². The van der Waals surface area contributed by atoms with Gasteiger partial charge in [0, 0.05) is 0 Å². The van der Waals surface area contributed by atoms with E-state index in [1.165, 1.54) is 38.5 Å². The van der Waals surface area contributed by atoms with Crippen molar-refractivity contribution in [2.45, 2.75) is 52.4 Å². The largest absolute Gasteiger partial charge is 1.00 e. The van der Waals surface area contributed by atoms with E-state index in [0.717, 1.165) is 0 Å². The monoisotopic (exact) mass is 220 g/mol. The van der Waals surface area contributed by atoms with Crippen LogP contribution in [0, 0.1) is 0 Å². The van der Waals surface area contributed by atoms with E-state index in [-0.39, 0.29) is 59.1 Å². The fraction of sp³-hybridized carbons (Fsp3) is 0.889. The Hall–Kier alpha value is 1.27. The molecule has 74 valence electrons. The zero-order valence-corrected chi connectivity index (χ0v) is 14.0. The molecule has 0 radical (unpaired) electrons. The molecule has 0 heterocycles. The van der Waals surface area contributed by atoms with Gasteiger partial charge >= 0.3 is 59.1 Å². The van der Waals surface area contributed by atoms with Crippen LogP contribution >= 0.6 is 0 Å². The maximum absolute atomic E-state index is 8.33. The smallest absolute Gasteiger partial charge is 0.652 e. The molecule has 0 bridgehead atoms. The maximum atomic E-state index is 8.33. The Labute approximate surface area is 131 Å². The molecule has 3 nitrogen and oxygen atoms in total. The zero-order valence-electron chi connectivity index (χ0n) is 9.97. The topological polar surface area (TPSA) is 63.2 Å². The van der Waals surface area contributed by atoms with Gasteiger partial charge in [0.05, 0.1) is 0 Å². The number of carbonyl (C=O) groups excluding carboxylic acids is 1. The fourth-order valence-corrected chi connectivity index (χ4v) is 0.854. The minimum absolute atomic E-state index is 0. The first-order valence-corrected chi connectivity index (χ1v) is 4.53. The molecule has 0 aromatic heterocycles. The molecule has 0 atom stereocenters. The summed E-state index contributed by atoms with van der Waals surface area (Å²) in [7, 11) is 0. The molecule has 0 aliphatic heterocycles. The number of hydrogen-bond acceptors (Lipinski definition) is 3. The van der Waals surface area contributed by atoms with Gasteiger partial charge in [-0.1, -0.05) is 52.4 Å². The average molecular weight is 220 g/mol. The van der Waals surface area contributed by atoms with Crippen LogP contribution in [0.5, 0.6) is 0 Å². The maximum Gasteiger partial charge on any atom is 1.00 e. The van der Waals surface area contributed by atoms with Gasteiger partial charge in [-0.3, -0.25) is 0 Å².